The number of benzene rings is 2. The highest BCUT2D eigenvalue weighted by molar-refractivity contribution is 5.94. The van der Waals surface area contributed by atoms with Gasteiger partial charge in [0, 0.05) is 18.2 Å². The second kappa shape index (κ2) is 10.4. The van der Waals surface area contributed by atoms with Crippen LogP contribution in [0.15, 0.2) is 48.5 Å². The first-order chi connectivity index (χ1) is 14.1. The van der Waals surface area contributed by atoms with Gasteiger partial charge in [0.05, 0.1) is 7.11 Å². The van der Waals surface area contributed by atoms with Crippen LogP contribution in [0.4, 0.5) is 0 Å². The molecule has 29 heavy (non-hydrogen) atoms. The summed E-state index contributed by atoms with van der Waals surface area (Å²) in [6.07, 6.45) is 4.07. The van der Waals surface area contributed by atoms with E-state index in [9.17, 15) is 9.90 Å². The zero-order valence-corrected chi connectivity index (χ0v) is 17.3. The van der Waals surface area contributed by atoms with Crippen molar-refractivity contribution in [2.24, 2.45) is 0 Å². The molecule has 2 atom stereocenters. The molecule has 0 amide bonds. The van der Waals surface area contributed by atoms with Gasteiger partial charge in [-0.2, -0.15) is 0 Å². The summed E-state index contributed by atoms with van der Waals surface area (Å²) in [6, 6.07) is 15.6. The molecule has 1 aliphatic heterocycles. The molecule has 0 aliphatic carbocycles. The Labute approximate surface area is 173 Å². The molecule has 1 fully saturated rings. The van der Waals surface area contributed by atoms with Crippen LogP contribution in [0.3, 0.4) is 0 Å². The van der Waals surface area contributed by atoms with Crippen molar-refractivity contribution in [1.29, 1.82) is 0 Å². The maximum absolute atomic E-state index is 11.4. The number of Topliss-reactive ketones (excluding diaryl/α,β-unsaturated/α-hetero) is 1. The van der Waals surface area contributed by atoms with E-state index in [1.807, 2.05) is 12.1 Å². The number of likely N-dealkylation sites (tertiary alicyclic amines) is 1. The predicted octanol–water partition coefficient (Wildman–Crippen LogP) is 4.25. The predicted molar refractivity (Wildman–Crippen MR) is 114 cm³/mol. The number of rotatable bonds is 8. The third kappa shape index (κ3) is 6.05. The van der Waals surface area contributed by atoms with E-state index in [0.717, 1.165) is 25.1 Å². The number of carbonyl (C=O) groups excluding carboxylic acids is 1. The summed E-state index contributed by atoms with van der Waals surface area (Å²) in [6.45, 7) is 3.31. The fraction of sp³-hybridized carbons (Fsp3) is 0.458. The van der Waals surface area contributed by atoms with Crippen molar-refractivity contribution < 1.29 is 19.4 Å². The van der Waals surface area contributed by atoms with E-state index < -0.39 is 6.10 Å². The molecule has 0 aromatic heterocycles. The summed E-state index contributed by atoms with van der Waals surface area (Å²) in [7, 11) is 1.68. The van der Waals surface area contributed by atoms with Gasteiger partial charge in [-0.1, -0.05) is 25.0 Å². The number of hydrogen-bond acceptors (Lipinski definition) is 5. The van der Waals surface area contributed by atoms with Gasteiger partial charge in [-0.3, -0.25) is 9.69 Å². The van der Waals surface area contributed by atoms with E-state index in [2.05, 4.69) is 17.0 Å². The van der Waals surface area contributed by atoms with Gasteiger partial charge in [0.25, 0.3) is 0 Å². The average molecular weight is 398 g/mol. The van der Waals surface area contributed by atoms with E-state index in [1.165, 1.54) is 18.4 Å². The number of aliphatic hydroxyl groups excluding tert-OH is 1. The molecule has 0 unspecified atom stereocenters. The third-order valence-electron chi connectivity index (χ3n) is 5.51. The first kappa shape index (κ1) is 21.3. The molecule has 3 rings (SSSR count). The summed E-state index contributed by atoms with van der Waals surface area (Å²) in [5.41, 5.74) is 1.92. The molecule has 1 aliphatic rings. The zero-order valence-electron chi connectivity index (χ0n) is 17.3. The Morgan fingerprint density at radius 2 is 1.76 bits per heavy atom. The van der Waals surface area contributed by atoms with E-state index in [0.29, 0.717) is 23.9 Å². The lowest BCUT2D eigenvalue weighted by molar-refractivity contribution is 0.0525. The Balaban J connectivity index is 1.59. The topological polar surface area (TPSA) is 59.0 Å². The van der Waals surface area contributed by atoms with Gasteiger partial charge in [-0.05, 0) is 68.3 Å². The molecular weight excluding hydrogens is 366 g/mol. The largest absolute Gasteiger partial charge is 0.497 e. The van der Waals surface area contributed by atoms with Crippen LogP contribution >= 0.6 is 0 Å². The highest BCUT2D eigenvalue weighted by atomic mass is 16.5. The number of nitrogens with zero attached hydrogens (tertiary/aromatic N) is 1. The molecule has 1 saturated heterocycles. The number of hydrogen-bond donors (Lipinski definition) is 1. The lowest BCUT2D eigenvalue weighted by Gasteiger charge is -2.32. The minimum atomic E-state index is -0.582. The smallest absolute Gasteiger partial charge is 0.159 e. The highest BCUT2D eigenvalue weighted by Gasteiger charge is 2.24. The van der Waals surface area contributed by atoms with E-state index in [-0.39, 0.29) is 12.4 Å². The summed E-state index contributed by atoms with van der Waals surface area (Å²) in [5, 5.41) is 10.6. The fourth-order valence-corrected chi connectivity index (χ4v) is 3.89. The van der Waals surface area contributed by atoms with Crippen molar-refractivity contribution in [3.63, 3.8) is 0 Å². The van der Waals surface area contributed by atoms with Crippen LogP contribution in [0, 0.1) is 0 Å². The van der Waals surface area contributed by atoms with Crippen LogP contribution in [-0.2, 0) is 0 Å². The first-order valence-electron chi connectivity index (χ1n) is 10.4. The molecule has 1 heterocycles. The second-order valence-electron chi connectivity index (χ2n) is 7.68. The second-order valence-corrected chi connectivity index (χ2v) is 7.68. The standard InChI is InChI=1S/C24H31NO4/c1-18(26)19-7-13-23(14-8-19)29-17-21(27)16-25-15-5-3-4-6-24(25)20-9-11-22(28-2)12-10-20/h7-14,21,24,27H,3-6,15-17H2,1-2H3/t21-,24-/m0/s1. The number of carbonyl (C=O) groups is 1. The molecule has 0 bridgehead atoms. The molecule has 0 spiro atoms. The molecule has 5 heteroatoms. The van der Waals surface area contributed by atoms with E-state index >= 15 is 0 Å². The maximum atomic E-state index is 11.4. The molecule has 0 radical (unpaired) electrons. The molecule has 1 N–H and O–H groups in total. The SMILES string of the molecule is COc1ccc([C@@H]2CCCCCN2C[C@H](O)COc2ccc(C(C)=O)cc2)cc1. The van der Waals surface area contributed by atoms with Crippen LogP contribution in [0.25, 0.3) is 0 Å². The van der Waals surface area contributed by atoms with Crippen LogP contribution in [0.1, 0.15) is 54.6 Å². The summed E-state index contributed by atoms with van der Waals surface area (Å²) in [4.78, 5) is 13.7. The fourth-order valence-electron chi connectivity index (χ4n) is 3.89. The van der Waals surface area contributed by atoms with Crippen LogP contribution in [0.2, 0.25) is 0 Å². The van der Waals surface area contributed by atoms with Gasteiger partial charge in [-0.25, -0.2) is 0 Å². The molecule has 5 nitrogen and oxygen atoms in total. The summed E-state index contributed by atoms with van der Waals surface area (Å²) in [5.74, 6) is 1.55. The van der Waals surface area contributed by atoms with Crippen molar-refractivity contribution >= 4 is 5.78 Å². The van der Waals surface area contributed by atoms with Crippen LogP contribution < -0.4 is 9.47 Å². The molecule has 2 aromatic carbocycles. The maximum Gasteiger partial charge on any atom is 0.159 e. The molecule has 2 aromatic rings. The minimum Gasteiger partial charge on any atom is -0.497 e. The Hall–Kier alpha value is -2.37. The third-order valence-corrected chi connectivity index (χ3v) is 5.51. The van der Waals surface area contributed by atoms with Gasteiger partial charge in [0.1, 0.15) is 24.2 Å². The zero-order chi connectivity index (χ0) is 20.6. The molecule has 156 valence electrons. The summed E-state index contributed by atoms with van der Waals surface area (Å²) >= 11 is 0. The number of methoxy groups -OCH3 is 1. The van der Waals surface area contributed by atoms with Crippen molar-refractivity contribution in [2.45, 2.75) is 44.8 Å². The van der Waals surface area contributed by atoms with Gasteiger partial charge in [0.2, 0.25) is 0 Å². The summed E-state index contributed by atoms with van der Waals surface area (Å²) < 4.78 is 11.0. The van der Waals surface area contributed by atoms with Gasteiger partial charge in [-0.15, -0.1) is 0 Å². The lowest BCUT2D eigenvalue weighted by Crippen LogP contribution is -2.38. The van der Waals surface area contributed by atoms with Gasteiger partial charge in [0.15, 0.2) is 5.78 Å². The normalized spacial score (nSPS) is 18.7. The number of ether oxygens (including phenoxy) is 2. The molecular formula is C24H31NO4. The van der Waals surface area contributed by atoms with Crippen molar-refractivity contribution in [1.82, 2.24) is 4.90 Å². The van der Waals surface area contributed by atoms with Gasteiger partial charge < -0.3 is 14.6 Å². The monoisotopic (exact) mass is 397 g/mol. The van der Waals surface area contributed by atoms with Crippen molar-refractivity contribution in [3.05, 3.63) is 59.7 Å². The number of aliphatic hydroxyl groups is 1. The van der Waals surface area contributed by atoms with Crippen LogP contribution in [-0.4, -0.2) is 48.7 Å². The van der Waals surface area contributed by atoms with E-state index in [4.69, 9.17) is 9.47 Å². The Bertz CT molecular complexity index is 772. The number of β-amino-alcohol motifs (C(OH)–C–C–N with tert-alkyl or cyclic N) is 1. The van der Waals surface area contributed by atoms with Crippen LogP contribution in [0.5, 0.6) is 11.5 Å². The Morgan fingerprint density at radius 3 is 2.41 bits per heavy atom. The highest BCUT2D eigenvalue weighted by Crippen LogP contribution is 2.31. The van der Waals surface area contributed by atoms with E-state index in [1.54, 1.807) is 38.3 Å². The number of ketones is 1. The first-order valence-corrected chi connectivity index (χ1v) is 10.4. The quantitative estimate of drug-likeness (QED) is 0.675. The average Bonchev–Trinajstić information content (AvgIpc) is 2.98. The molecule has 0 saturated carbocycles. The van der Waals surface area contributed by atoms with Crippen molar-refractivity contribution in [3.8, 4) is 11.5 Å². The Kier molecular flexibility index (Phi) is 7.67. The van der Waals surface area contributed by atoms with Gasteiger partial charge >= 0.3 is 0 Å². The minimum absolute atomic E-state index is 0.0299. The van der Waals surface area contributed by atoms with Crippen molar-refractivity contribution in [2.75, 3.05) is 26.8 Å². The lowest BCUT2D eigenvalue weighted by atomic mass is 10.0. The Morgan fingerprint density at radius 1 is 1.07 bits per heavy atom.